The number of benzene rings is 1. The van der Waals surface area contributed by atoms with E-state index < -0.39 is 5.82 Å². The minimum atomic E-state index is -0.526. The van der Waals surface area contributed by atoms with Crippen molar-refractivity contribution in [1.82, 2.24) is 19.8 Å². The summed E-state index contributed by atoms with van der Waals surface area (Å²) in [5, 5.41) is 0.915. The summed E-state index contributed by atoms with van der Waals surface area (Å²) in [5.41, 5.74) is 1.62. The van der Waals surface area contributed by atoms with Gasteiger partial charge in [0.1, 0.15) is 11.6 Å². The molecule has 2 saturated heterocycles. The molecule has 0 saturated carbocycles. The molecule has 8 nitrogen and oxygen atoms in total. The summed E-state index contributed by atoms with van der Waals surface area (Å²) in [4.78, 5) is 27.4. The molecule has 11 heteroatoms. The van der Waals surface area contributed by atoms with Crippen LogP contribution in [0, 0.1) is 11.7 Å². The van der Waals surface area contributed by atoms with Crippen molar-refractivity contribution in [1.29, 1.82) is 0 Å². The Bertz CT molecular complexity index is 1340. The molecule has 2 aromatic heterocycles. The number of likely N-dealkylation sites (tertiary alicyclic amines) is 1. The fourth-order valence-electron chi connectivity index (χ4n) is 5.26. The first-order valence-electron chi connectivity index (χ1n) is 13.8. The van der Waals surface area contributed by atoms with Gasteiger partial charge in [-0.3, -0.25) is 9.69 Å². The lowest BCUT2D eigenvalue weighted by Crippen LogP contribution is -2.44. The average Bonchev–Trinajstić information content (AvgIpc) is 2.96. The molecular weight excluding hydrogens is 568 g/mol. The Hall–Kier alpha value is -2.98. The lowest BCUT2D eigenvalue weighted by Gasteiger charge is -2.33. The van der Waals surface area contributed by atoms with E-state index in [0.717, 1.165) is 57.9 Å². The van der Waals surface area contributed by atoms with Gasteiger partial charge in [0.05, 0.1) is 19.0 Å². The topological polar surface area (TPSA) is 71.0 Å². The van der Waals surface area contributed by atoms with E-state index in [4.69, 9.17) is 32.7 Å². The maximum absolute atomic E-state index is 15.9. The van der Waals surface area contributed by atoms with Crippen LogP contribution >= 0.6 is 23.2 Å². The van der Waals surface area contributed by atoms with Crippen LogP contribution in [-0.4, -0.2) is 79.2 Å². The van der Waals surface area contributed by atoms with E-state index in [2.05, 4.69) is 31.7 Å². The quantitative estimate of drug-likeness (QED) is 0.295. The molecule has 218 valence electrons. The summed E-state index contributed by atoms with van der Waals surface area (Å²) in [6.45, 7) is 5.60. The summed E-state index contributed by atoms with van der Waals surface area (Å²) in [7, 11) is 3.52. The molecule has 3 aromatic rings. The molecule has 2 aliphatic rings. The normalized spacial score (nSPS) is 17.0. The van der Waals surface area contributed by atoms with Gasteiger partial charge in [0, 0.05) is 60.3 Å². The van der Waals surface area contributed by atoms with E-state index in [1.54, 1.807) is 36.5 Å². The molecule has 0 unspecified atom stereocenters. The van der Waals surface area contributed by atoms with E-state index in [-0.39, 0.29) is 17.8 Å². The van der Waals surface area contributed by atoms with Crippen molar-refractivity contribution < 1.29 is 18.7 Å². The minimum Gasteiger partial charge on any atom is -0.469 e. The van der Waals surface area contributed by atoms with Gasteiger partial charge < -0.3 is 19.3 Å². The first kappa shape index (κ1) is 29.5. The van der Waals surface area contributed by atoms with Gasteiger partial charge in [-0.1, -0.05) is 23.2 Å². The summed E-state index contributed by atoms with van der Waals surface area (Å²) in [6.07, 6.45) is 3.69. The molecule has 0 aliphatic carbocycles. The van der Waals surface area contributed by atoms with Gasteiger partial charge in [0.25, 0.3) is 5.88 Å². The third kappa shape index (κ3) is 7.65. The summed E-state index contributed by atoms with van der Waals surface area (Å²) < 4.78 is 26.7. The van der Waals surface area contributed by atoms with E-state index in [1.165, 1.54) is 7.11 Å². The number of aromatic nitrogens is 2. The van der Waals surface area contributed by atoms with Crippen LogP contribution in [0.5, 0.6) is 11.6 Å². The van der Waals surface area contributed by atoms with Crippen LogP contribution in [0.2, 0.25) is 10.0 Å². The van der Waals surface area contributed by atoms with E-state index in [1.807, 2.05) is 6.07 Å². The van der Waals surface area contributed by atoms with Crippen molar-refractivity contribution in [2.24, 2.45) is 5.92 Å². The van der Waals surface area contributed by atoms with Crippen molar-refractivity contribution in [3.8, 4) is 22.9 Å². The second-order valence-corrected chi connectivity index (χ2v) is 11.6. The van der Waals surface area contributed by atoms with Crippen molar-refractivity contribution in [2.45, 2.75) is 25.8 Å². The summed E-state index contributed by atoms with van der Waals surface area (Å²) >= 11 is 12.5. The number of pyridine rings is 2. The second-order valence-electron chi connectivity index (χ2n) is 10.7. The van der Waals surface area contributed by atoms with Crippen molar-refractivity contribution in [3.63, 3.8) is 0 Å². The van der Waals surface area contributed by atoms with Crippen LogP contribution in [0.15, 0.2) is 42.6 Å². The number of piperazine rings is 1. The number of carbonyl (C=O) groups is 1. The largest absolute Gasteiger partial charge is 0.469 e. The Morgan fingerprint density at radius 1 is 1.02 bits per heavy atom. The van der Waals surface area contributed by atoms with Crippen LogP contribution in [0.25, 0.3) is 11.3 Å². The van der Waals surface area contributed by atoms with Gasteiger partial charge in [0.2, 0.25) is 0 Å². The number of methoxy groups -OCH3 is 1. The Balaban J connectivity index is 1.37. The van der Waals surface area contributed by atoms with Gasteiger partial charge in [-0.15, -0.1) is 0 Å². The first-order chi connectivity index (χ1) is 19.8. The average molecular weight is 603 g/mol. The zero-order valence-electron chi connectivity index (χ0n) is 23.3. The molecule has 2 fully saturated rings. The number of carbonyl (C=O) groups excluding carboxylic acids is 1. The monoisotopic (exact) mass is 601 g/mol. The van der Waals surface area contributed by atoms with Crippen LogP contribution in [-0.2, 0) is 16.1 Å². The third-order valence-electron chi connectivity index (χ3n) is 7.71. The van der Waals surface area contributed by atoms with Crippen molar-refractivity contribution >= 4 is 35.0 Å². The van der Waals surface area contributed by atoms with Crippen LogP contribution in [0.1, 0.15) is 24.8 Å². The molecule has 0 bridgehead atoms. The number of rotatable bonds is 8. The molecule has 0 spiro atoms. The van der Waals surface area contributed by atoms with Crippen LogP contribution < -0.4 is 9.64 Å². The van der Waals surface area contributed by atoms with E-state index in [0.29, 0.717) is 45.6 Å². The standard InChI is InChI=1S/C30H34Cl2FN5O3/c1-36-9-11-38(12-10-36)27-4-3-25(18-34-27)41-30-29(33)22(16-26(35-30)21-14-23(31)17-24(32)15-21)19-37-7-5-20(6-8-37)13-28(39)40-2/h3-4,14-18,20H,5-13,19H2,1-2H3. The third-order valence-corrected chi connectivity index (χ3v) is 8.14. The Kier molecular flexibility index (Phi) is 9.60. The number of nitrogens with zero attached hydrogens (tertiary/aromatic N) is 5. The Morgan fingerprint density at radius 2 is 1.73 bits per heavy atom. The number of ether oxygens (including phenoxy) is 2. The zero-order valence-corrected chi connectivity index (χ0v) is 24.8. The van der Waals surface area contributed by atoms with Gasteiger partial charge in [-0.25, -0.2) is 14.4 Å². The fourth-order valence-corrected chi connectivity index (χ4v) is 5.79. The molecule has 0 amide bonds. The maximum Gasteiger partial charge on any atom is 0.305 e. The van der Waals surface area contributed by atoms with Gasteiger partial charge in [-0.2, -0.15) is 0 Å². The first-order valence-corrected chi connectivity index (χ1v) is 14.6. The highest BCUT2D eigenvalue weighted by molar-refractivity contribution is 6.35. The van der Waals surface area contributed by atoms with Gasteiger partial charge in [0.15, 0.2) is 5.82 Å². The molecule has 0 atom stereocenters. The fraction of sp³-hybridized carbons (Fsp3) is 0.433. The highest BCUT2D eigenvalue weighted by Gasteiger charge is 2.24. The van der Waals surface area contributed by atoms with Crippen LogP contribution in [0.4, 0.5) is 10.2 Å². The molecule has 41 heavy (non-hydrogen) atoms. The predicted molar refractivity (Wildman–Crippen MR) is 158 cm³/mol. The number of hydrogen-bond acceptors (Lipinski definition) is 8. The number of anilines is 1. The summed E-state index contributed by atoms with van der Waals surface area (Å²) in [6, 6.07) is 10.5. The molecule has 0 radical (unpaired) electrons. The smallest absolute Gasteiger partial charge is 0.305 e. The molecule has 2 aliphatic heterocycles. The maximum atomic E-state index is 15.9. The van der Waals surface area contributed by atoms with Gasteiger partial charge >= 0.3 is 5.97 Å². The molecule has 4 heterocycles. The highest BCUT2D eigenvalue weighted by atomic mass is 35.5. The minimum absolute atomic E-state index is 0.136. The van der Waals surface area contributed by atoms with E-state index >= 15 is 4.39 Å². The zero-order chi connectivity index (χ0) is 28.9. The van der Waals surface area contributed by atoms with Gasteiger partial charge in [-0.05, 0) is 75.3 Å². The lowest BCUT2D eigenvalue weighted by atomic mass is 9.93. The van der Waals surface area contributed by atoms with Crippen LogP contribution in [0.3, 0.4) is 0 Å². The number of halogens is 3. The number of piperidine rings is 1. The Labute approximate surface area is 250 Å². The Morgan fingerprint density at radius 3 is 2.37 bits per heavy atom. The number of esters is 1. The SMILES string of the molecule is COC(=O)CC1CCN(Cc2cc(-c3cc(Cl)cc(Cl)c3)nc(Oc3ccc(N4CCN(C)CC4)nc3)c2F)CC1. The highest BCUT2D eigenvalue weighted by Crippen LogP contribution is 2.33. The molecule has 1 aromatic carbocycles. The number of likely N-dealkylation sites (N-methyl/N-ethyl adjacent to an activating group) is 1. The van der Waals surface area contributed by atoms with Crippen molar-refractivity contribution in [3.05, 3.63) is 64.0 Å². The van der Waals surface area contributed by atoms with Crippen molar-refractivity contribution in [2.75, 3.05) is 58.3 Å². The summed E-state index contributed by atoms with van der Waals surface area (Å²) in [5.74, 6) is 0.666. The van der Waals surface area contributed by atoms with E-state index in [9.17, 15) is 4.79 Å². The molecule has 5 rings (SSSR count). The predicted octanol–water partition coefficient (Wildman–Crippen LogP) is 5.91. The lowest BCUT2D eigenvalue weighted by molar-refractivity contribution is -0.142. The molecule has 0 N–H and O–H groups in total. The number of hydrogen-bond donors (Lipinski definition) is 0. The molecular formula is C30H34Cl2FN5O3. The second kappa shape index (κ2) is 13.3.